The number of nitrogens with zero attached hydrogens (tertiary/aromatic N) is 4. The van der Waals surface area contributed by atoms with Crippen LogP contribution in [0, 0.1) is 12.8 Å². The number of rotatable bonds is 6. The first-order valence-corrected chi connectivity index (χ1v) is 11.1. The zero-order valence-electron chi connectivity index (χ0n) is 18.4. The molecule has 1 aliphatic rings. The summed E-state index contributed by atoms with van der Waals surface area (Å²) in [5, 5.41) is 0. The van der Waals surface area contributed by atoms with Gasteiger partial charge in [0, 0.05) is 50.8 Å². The second-order valence-electron chi connectivity index (χ2n) is 8.22. The number of carbonyl (C=O) groups excluding carboxylic acids is 1. The number of hydrogen-bond acceptors (Lipinski definition) is 4. The number of aryl methyl sites for hydroxylation is 1. The average Bonchev–Trinajstić information content (AvgIpc) is 2.93. The van der Waals surface area contributed by atoms with Crippen LogP contribution in [0.25, 0.3) is 11.1 Å². The first-order valence-electron chi connectivity index (χ1n) is 11.1. The number of benzene rings is 1. The van der Waals surface area contributed by atoms with Crippen molar-refractivity contribution >= 4 is 5.91 Å². The van der Waals surface area contributed by atoms with Crippen LogP contribution in [0.3, 0.4) is 0 Å². The molecule has 1 amide bonds. The van der Waals surface area contributed by atoms with Crippen LogP contribution < -0.4 is 0 Å². The minimum absolute atomic E-state index is 0.0738. The SMILES string of the molecule is CCN1CCN(Cc2cccc(C)n2)C[C@@H](Cc2ccccc2-c2ccncc2)C1=O. The molecule has 1 saturated heterocycles. The molecule has 0 saturated carbocycles. The first-order chi connectivity index (χ1) is 15.1. The molecule has 3 aromatic rings. The monoisotopic (exact) mass is 414 g/mol. The van der Waals surface area contributed by atoms with Gasteiger partial charge in [0.25, 0.3) is 0 Å². The Bertz CT molecular complexity index is 1020. The molecule has 3 heterocycles. The molecule has 4 rings (SSSR count). The van der Waals surface area contributed by atoms with Gasteiger partial charge in [-0.2, -0.15) is 0 Å². The molecule has 0 aliphatic carbocycles. The van der Waals surface area contributed by atoms with Gasteiger partial charge in [-0.05, 0) is 61.2 Å². The predicted octanol–water partition coefficient (Wildman–Crippen LogP) is 3.98. The van der Waals surface area contributed by atoms with Crippen molar-refractivity contribution in [2.45, 2.75) is 26.8 Å². The molecule has 5 heteroatoms. The Morgan fingerprint density at radius 2 is 1.81 bits per heavy atom. The summed E-state index contributed by atoms with van der Waals surface area (Å²) in [6, 6.07) is 18.6. The van der Waals surface area contributed by atoms with Gasteiger partial charge in [-0.25, -0.2) is 0 Å². The van der Waals surface area contributed by atoms with Crippen molar-refractivity contribution in [3.63, 3.8) is 0 Å². The summed E-state index contributed by atoms with van der Waals surface area (Å²) in [5.74, 6) is 0.182. The maximum Gasteiger partial charge on any atom is 0.227 e. The van der Waals surface area contributed by atoms with Gasteiger partial charge in [0.2, 0.25) is 5.91 Å². The molecular formula is C26H30N4O. The van der Waals surface area contributed by atoms with E-state index in [4.69, 9.17) is 0 Å². The molecule has 31 heavy (non-hydrogen) atoms. The van der Waals surface area contributed by atoms with E-state index in [0.717, 1.165) is 56.1 Å². The van der Waals surface area contributed by atoms with Gasteiger partial charge in [0.15, 0.2) is 0 Å². The maximum atomic E-state index is 13.4. The summed E-state index contributed by atoms with van der Waals surface area (Å²) >= 11 is 0. The van der Waals surface area contributed by atoms with Gasteiger partial charge in [0.1, 0.15) is 0 Å². The second-order valence-corrected chi connectivity index (χ2v) is 8.22. The second kappa shape index (κ2) is 9.84. The van der Waals surface area contributed by atoms with Gasteiger partial charge in [-0.3, -0.25) is 19.7 Å². The van der Waals surface area contributed by atoms with Crippen molar-refractivity contribution in [2.24, 2.45) is 5.92 Å². The third-order valence-electron chi connectivity index (χ3n) is 6.01. The highest BCUT2D eigenvalue weighted by molar-refractivity contribution is 5.80. The largest absolute Gasteiger partial charge is 0.341 e. The summed E-state index contributed by atoms with van der Waals surface area (Å²) in [7, 11) is 0. The lowest BCUT2D eigenvalue weighted by Crippen LogP contribution is -2.37. The van der Waals surface area contributed by atoms with Crippen molar-refractivity contribution < 1.29 is 4.79 Å². The van der Waals surface area contributed by atoms with Gasteiger partial charge in [0.05, 0.1) is 11.6 Å². The van der Waals surface area contributed by atoms with Crippen molar-refractivity contribution in [1.29, 1.82) is 0 Å². The standard InChI is InChI=1S/C26H30N4O/c1-3-30-16-15-29(19-24-9-6-7-20(2)28-24)18-23(26(30)31)17-22-8-4-5-10-25(22)21-11-13-27-14-12-21/h4-14,23H,3,15-19H2,1-2H3/t23-/m1/s1. The molecule has 2 aromatic heterocycles. The molecule has 1 atom stereocenters. The molecule has 1 fully saturated rings. The molecule has 1 aliphatic heterocycles. The molecule has 0 unspecified atom stereocenters. The quantitative estimate of drug-likeness (QED) is 0.612. The Kier molecular flexibility index (Phi) is 6.73. The molecule has 0 N–H and O–H groups in total. The number of pyridine rings is 2. The molecule has 160 valence electrons. The topological polar surface area (TPSA) is 49.3 Å². The summed E-state index contributed by atoms with van der Waals surface area (Å²) < 4.78 is 0. The third kappa shape index (κ3) is 5.17. The van der Waals surface area contributed by atoms with E-state index in [9.17, 15) is 4.79 Å². The fraction of sp³-hybridized carbons (Fsp3) is 0.346. The molecule has 0 radical (unpaired) electrons. The van der Waals surface area contributed by atoms with Gasteiger partial charge >= 0.3 is 0 Å². The van der Waals surface area contributed by atoms with Crippen LogP contribution in [0.2, 0.25) is 0 Å². The molecule has 0 spiro atoms. The Morgan fingerprint density at radius 1 is 1.00 bits per heavy atom. The van der Waals surface area contributed by atoms with Gasteiger partial charge in [-0.15, -0.1) is 0 Å². The van der Waals surface area contributed by atoms with Crippen molar-refractivity contribution in [3.8, 4) is 11.1 Å². The van der Waals surface area contributed by atoms with Crippen molar-refractivity contribution in [1.82, 2.24) is 19.8 Å². The van der Waals surface area contributed by atoms with Crippen LogP contribution in [0.5, 0.6) is 0 Å². The molecule has 5 nitrogen and oxygen atoms in total. The fourth-order valence-corrected chi connectivity index (χ4v) is 4.41. The van der Waals surface area contributed by atoms with E-state index in [0.29, 0.717) is 0 Å². The molecule has 1 aromatic carbocycles. The number of likely N-dealkylation sites (N-methyl/N-ethyl adjacent to an activating group) is 1. The highest BCUT2D eigenvalue weighted by Crippen LogP contribution is 2.27. The zero-order valence-corrected chi connectivity index (χ0v) is 18.4. The van der Waals surface area contributed by atoms with E-state index in [-0.39, 0.29) is 11.8 Å². The first kappa shape index (κ1) is 21.2. The normalized spacial score (nSPS) is 17.5. The van der Waals surface area contributed by atoms with Crippen molar-refractivity contribution in [3.05, 3.63) is 83.9 Å². The summed E-state index contributed by atoms with van der Waals surface area (Å²) in [5.41, 5.74) is 5.62. The predicted molar refractivity (Wildman–Crippen MR) is 123 cm³/mol. The van der Waals surface area contributed by atoms with E-state index in [2.05, 4.69) is 58.2 Å². The maximum absolute atomic E-state index is 13.4. The van der Waals surface area contributed by atoms with E-state index in [1.54, 1.807) is 0 Å². The van der Waals surface area contributed by atoms with E-state index < -0.39 is 0 Å². The Labute approximate surface area is 184 Å². The molecular weight excluding hydrogens is 384 g/mol. The van der Waals surface area contributed by atoms with Crippen LogP contribution in [-0.4, -0.2) is 51.9 Å². The Balaban J connectivity index is 1.59. The van der Waals surface area contributed by atoms with Gasteiger partial charge in [-0.1, -0.05) is 30.3 Å². The number of amides is 1. The fourth-order valence-electron chi connectivity index (χ4n) is 4.41. The lowest BCUT2D eigenvalue weighted by Gasteiger charge is -2.24. The lowest BCUT2D eigenvalue weighted by molar-refractivity contribution is -0.134. The van der Waals surface area contributed by atoms with Crippen LogP contribution in [0.15, 0.2) is 67.0 Å². The summed E-state index contributed by atoms with van der Waals surface area (Å²) in [6.45, 7) is 7.99. The van der Waals surface area contributed by atoms with Crippen LogP contribution in [0.4, 0.5) is 0 Å². The summed E-state index contributed by atoms with van der Waals surface area (Å²) in [4.78, 5) is 26.6. The highest BCUT2D eigenvalue weighted by atomic mass is 16.2. The van der Waals surface area contributed by atoms with Gasteiger partial charge < -0.3 is 4.90 Å². The minimum Gasteiger partial charge on any atom is -0.341 e. The van der Waals surface area contributed by atoms with E-state index in [1.165, 1.54) is 11.1 Å². The lowest BCUT2D eigenvalue weighted by atomic mass is 9.91. The smallest absolute Gasteiger partial charge is 0.227 e. The van der Waals surface area contributed by atoms with E-state index in [1.807, 2.05) is 42.4 Å². The van der Waals surface area contributed by atoms with Crippen LogP contribution in [-0.2, 0) is 17.8 Å². The van der Waals surface area contributed by atoms with Crippen molar-refractivity contribution in [2.75, 3.05) is 26.2 Å². The third-order valence-corrected chi connectivity index (χ3v) is 6.01. The zero-order chi connectivity index (χ0) is 21.6. The highest BCUT2D eigenvalue weighted by Gasteiger charge is 2.30. The average molecular weight is 415 g/mol. The van der Waals surface area contributed by atoms with Crippen LogP contribution >= 0.6 is 0 Å². The number of hydrogen-bond donors (Lipinski definition) is 0. The van der Waals surface area contributed by atoms with E-state index >= 15 is 0 Å². The minimum atomic E-state index is -0.0738. The summed E-state index contributed by atoms with van der Waals surface area (Å²) in [6.07, 6.45) is 4.36. The number of carbonyl (C=O) groups is 1. The van der Waals surface area contributed by atoms with Crippen LogP contribution in [0.1, 0.15) is 23.9 Å². The Morgan fingerprint density at radius 3 is 2.58 bits per heavy atom. The Hall–Kier alpha value is -3.05. The molecule has 0 bridgehead atoms. The number of aromatic nitrogens is 2.